The lowest BCUT2D eigenvalue weighted by molar-refractivity contribution is -0.161. The number of unbranched alkanes of at least 4 members (excludes halogenated alkanes) is 8. The number of esters is 2. The fraction of sp³-hybridized carbons (Fsp3) is 0.581. The highest BCUT2D eigenvalue weighted by Crippen LogP contribution is 2.07. The van der Waals surface area contributed by atoms with Crippen molar-refractivity contribution in [1.29, 1.82) is 0 Å². The molecule has 0 bridgehead atoms. The van der Waals surface area contributed by atoms with Crippen LogP contribution in [0.4, 0.5) is 0 Å². The highest BCUT2D eigenvalue weighted by molar-refractivity contribution is 5.70. The zero-order valence-electron chi connectivity index (χ0n) is 30.5. The van der Waals surface area contributed by atoms with Crippen molar-refractivity contribution in [2.45, 2.75) is 148 Å². The van der Waals surface area contributed by atoms with Gasteiger partial charge in [0.05, 0.1) is 6.61 Å². The summed E-state index contributed by atoms with van der Waals surface area (Å²) in [6.07, 6.45) is 53.3. The summed E-state index contributed by atoms with van der Waals surface area (Å²) in [4.78, 5) is 24.2. The zero-order valence-corrected chi connectivity index (χ0v) is 30.5. The molecule has 270 valence electrons. The van der Waals surface area contributed by atoms with Crippen LogP contribution in [0.2, 0.25) is 0 Å². The largest absolute Gasteiger partial charge is 0.462 e. The average molecular weight is 665 g/mol. The monoisotopic (exact) mass is 665 g/mol. The summed E-state index contributed by atoms with van der Waals surface area (Å²) in [6, 6.07) is 0. The summed E-state index contributed by atoms with van der Waals surface area (Å²) in [7, 11) is 0. The number of aliphatic hydroxyl groups excluding tert-OH is 1. The molecule has 0 aromatic rings. The Morgan fingerprint density at radius 3 is 1.25 bits per heavy atom. The molecule has 5 nitrogen and oxygen atoms in total. The maximum absolute atomic E-state index is 12.1. The lowest BCUT2D eigenvalue weighted by Gasteiger charge is -2.15. The third-order valence-corrected chi connectivity index (χ3v) is 7.36. The van der Waals surface area contributed by atoms with Gasteiger partial charge in [0.15, 0.2) is 6.10 Å². The summed E-state index contributed by atoms with van der Waals surface area (Å²) in [5.41, 5.74) is 0. The minimum atomic E-state index is -0.827. The Hall–Kier alpha value is -3.18. The Bertz CT molecular complexity index is 979. The molecule has 1 N–H and O–H groups in total. The van der Waals surface area contributed by atoms with Gasteiger partial charge in [-0.1, -0.05) is 137 Å². The molecular formula is C43H68O5. The van der Waals surface area contributed by atoms with E-state index < -0.39 is 6.10 Å². The second-order valence-electron chi connectivity index (χ2n) is 11.9. The number of ether oxygens (including phenoxy) is 2. The van der Waals surface area contributed by atoms with Gasteiger partial charge in [0.2, 0.25) is 0 Å². The number of rotatable bonds is 32. The Kier molecular flexibility index (Phi) is 35.7. The van der Waals surface area contributed by atoms with Crippen LogP contribution in [0.5, 0.6) is 0 Å². The van der Waals surface area contributed by atoms with Crippen molar-refractivity contribution in [3.8, 4) is 0 Å². The Labute approximate surface area is 294 Å². The van der Waals surface area contributed by atoms with Crippen molar-refractivity contribution < 1.29 is 24.2 Å². The van der Waals surface area contributed by atoms with Gasteiger partial charge in [-0.05, 0) is 89.9 Å². The highest BCUT2D eigenvalue weighted by Gasteiger charge is 2.15. The van der Waals surface area contributed by atoms with Gasteiger partial charge in [-0.3, -0.25) is 9.59 Å². The lowest BCUT2D eigenvalue weighted by Crippen LogP contribution is -2.28. The second kappa shape index (κ2) is 38.3. The maximum atomic E-state index is 12.1. The molecule has 0 aliphatic heterocycles. The highest BCUT2D eigenvalue weighted by atomic mass is 16.6. The van der Waals surface area contributed by atoms with Crippen LogP contribution in [0, 0.1) is 0 Å². The van der Waals surface area contributed by atoms with Crippen LogP contribution in [0.1, 0.15) is 142 Å². The van der Waals surface area contributed by atoms with E-state index in [-0.39, 0.29) is 38.0 Å². The van der Waals surface area contributed by atoms with Gasteiger partial charge in [-0.25, -0.2) is 0 Å². The molecule has 0 radical (unpaired) electrons. The molecule has 0 fully saturated rings. The van der Waals surface area contributed by atoms with E-state index in [2.05, 4.69) is 98.9 Å². The Balaban J connectivity index is 3.81. The molecule has 5 heteroatoms. The minimum absolute atomic E-state index is 0.127. The van der Waals surface area contributed by atoms with Gasteiger partial charge >= 0.3 is 11.9 Å². The first kappa shape index (κ1) is 44.8. The molecule has 0 spiro atoms. The topological polar surface area (TPSA) is 72.8 Å². The van der Waals surface area contributed by atoms with E-state index >= 15 is 0 Å². The normalized spacial score (nSPS) is 13.3. The first-order valence-corrected chi connectivity index (χ1v) is 18.8. The van der Waals surface area contributed by atoms with Crippen molar-refractivity contribution in [3.05, 3.63) is 97.2 Å². The predicted molar refractivity (Wildman–Crippen MR) is 205 cm³/mol. The van der Waals surface area contributed by atoms with E-state index in [4.69, 9.17) is 9.47 Å². The first-order valence-electron chi connectivity index (χ1n) is 18.8. The number of hydrogen-bond donors (Lipinski definition) is 1. The quantitative estimate of drug-likeness (QED) is 0.0440. The van der Waals surface area contributed by atoms with Gasteiger partial charge in [-0.15, -0.1) is 0 Å². The van der Waals surface area contributed by atoms with Crippen LogP contribution in [0.15, 0.2) is 97.2 Å². The van der Waals surface area contributed by atoms with E-state index in [1.165, 1.54) is 51.4 Å². The van der Waals surface area contributed by atoms with Crippen LogP contribution in [-0.2, 0) is 19.1 Å². The molecule has 0 saturated heterocycles. The summed E-state index contributed by atoms with van der Waals surface area (Å²) < 4.78 is 10.5. The predicted octanol–water partition coefficient (Wildman–Crippen LogP) is 11.7. The molecule has 0 heterocycles. The summed E-state index contributed by atoms with van der Waals surface area (Å²) >= 11 is 0. The summed E-state index contributed by atoms with van der Waals surface area (Å²) in [5.74, 6) is -0.744. The number of aliphatic hydroxyl groups is 1. The van der Waals surface area contributed by atoms with Gasteiger partial charge in [0.1, 0.15) is 6.61 Å². The average Bonchev–Trinajstić information content (AvgIpc) is 3.09. The molecule has 48 heavy (non-hydrogen) atoms. The molecular weight excluding hydrogens is 596 g/mol. The number of carbonyl (C=O) groups is 2. The molecule has 0 rings (SSSR count). The first-order chi connectivity index (χ1) is 23.6. The van der Waals surface area contributed by atoms with Crippen molar-refractivity contribution in [3.63, 3.8) is 0 Å². The van der Waals surface area contributed by atoms with E-state index in [1.54, 1.807) is 0 Å². The fourth-order valence-electron chi connectivity index (χ4n) is 4.48. The minimum Gasteiger partial charge on any atom is -0.462 e. The smallest absolute Gasteiger partial charge is 0.306 e. The van der Waals surface area contributed by atoms with Gasteiger partial charge in [-0.2, -0.15) is 0 Å². The van der Waals surface area contributed by atoms with Crippen LogP contribution >= 0.6 is 0 Å². The van der Waals surface area contributed by atoms with Crippen molar-refractivity contribution in [1.82, 2.24) is 0 Å². The van der Waals surface area contributed by atoms with Crippen molar-refractivity contribution >= 4 is 11.9 Å². The summed E-state index contributed by atoms with van der Waals surface area (Å²) in [5, 5.41) is 9.52. The van der Waals surface area contributed by atoms with E-state index in [1.807, 2.05) is 12.2 Å². The Morgan fingerprint density at radius 1 is 0.479 bits per heavy atom. The van der Waals surface area contributed by atoms with Crippen LogP contribution in [0.3, 0.4) is 0 Å². The van der Waals surface area contributed by atoms with Gasteiger partial charge in [0.25, 0.3) is 0 Å². The fourth-order valence-corrected chi connectivity index (χ4v) is 4.48. The van der Waals surface area contributed by atoms with Crippen LogP contribution in [0.25, 0.3) is 0 Å². The summed E-state index contributed by atoms with van der Waals surface area (Å²) in [6.45, 7) is 3.95. The third-order valence-electron chi connectivity index (χ3n) is 7.36. The molecule has 0 aliphatic rings. The number of allylic oxidation sites excluding steroid dienone is 16. The number of hydrogen-bond acceptors (Lipinski definition) is 5. The van der Waals surface area contributed by atoms with Crippen molar-refractivity contribution in [2.75, 3.05) is 13.2 Å². The molecule has 0 aliphatic carbocycles. The van der Waals surface area contributed by atoms with Crippen molar-refractivity contribution in [2.24, 2.45) is 0 Å². The SMILES string of the molecule is CCCCC/C=C\C/C=C\C/C=C\C/C=C\C/C=C\CCC(=O)OC[C@H](CO)OC(=O)CCCC/C=C\C/C=C\C/C=C\CCCCC. The maximum Gasteiger partial charge on any atom is 0.306 e. The van der Waals surface area contributed by atoms with Crippen LogP contribution in [-0.4, -0.2) is 36.4 Å². The molecule has 1 atom stereocenters. The molecule has 0 amide bonds. The zero-order chi connectivity index (χ0) is 35.0. The van der Waals surface area contributed by atoms with E-state index in [9.17, 15) is 14.7 Å². The Morgan fingerprint density at radius 2 is 0.854 bits per heavy atom. The van der Waals surface area contributed by atoms with E-state index in [0.717, 1.165) is 51.4 Å². The van der Waals surface area contributed by atoms with Gasteiger partial charge < -0.3 is 14.6 Å². The molecule has 0 unspecified atom stereocenters. The molecule has 0 aromatic carbocycles. The number of carbonyl (C=O) groups excluding carboxylic acids is 2. The molecule has 0 aromatic heterocycles. The van der Waals surface area contributed by atoms with E-state index in [0.29, 0.717) is 12.8 Å². The second-order valence-corrected chi connectivity index (χ2v) is 11.9. The lowest BCUT2D eigenvalue weighted by atomic mass is 10.1. The van der Waals surface area contributed by atoms with Gasteiger partial charge in [0, 0.05) is 12.8 Å². The molecule has 0 saturated carbocycles. The third kappa shape index (κ3) is 35.7. The standard InChI is InChI=1S/C43H68O5/c1-3-5-7-9-11-13-15-17-19-20-21-22-24-25-27-29-31-33-35-37-42(45)47-40-41(39-44)48-43(46)38-36-34-32-30-28-26-23-18-16-14-12-10-8-6-4-2/h11-14,17-19,21-23,25,27-28,30-31,33,41,44H,3-10,15-16,20,24,26,29,32,34-40H2,1-2H3/b13-11-,14-12-,19-17-,22-21-,23-18-,27-25-,30-28-,33-31-/t41-/m0/s1. The van der Waals surface area contributed by atoms with Crippen LogP contribution < -0.4 is 0 Å².